The van der Waals surface area contributed by atoms with Crippen molar-refractivity contribution in [2.75, 3.05) is 7.05 Å². The number of nitrogens with zero attached hydrogens (tertiary/aromatic N) is 1. The SMILES string of the molecule is CCC(C)(C)N(C)Cc1c(C(=O)O)sc2cccc(F)c12. The minimum atomic E-state index is -0.992. The predicted octanol–water partition coefficient (Wildman–Crippen LogP) is 4.36. The van der Waals surface area contributed by atoms with E-state index in [0.717, 1.165) is 17.8 Å². The molecule has 0 aliphatic carbocycles. The first-order valence-corrected chi connectivity index (χ1v) is 7.74. The smallest absolute Gasteiger partial charge is 0.346 e. The van der Waals surface area contributed by atoms with Crippen molar-refractivity contribution < 1.29 is 14.3 Å². The van der Waals surface area contributed by atoms with Crippen LogP contribution in [0.5, 0.6) is 0 Å². The number of fused-ring (bicyclic) bond motifs is 1. The van der Waals surface area contributed by atoms with Gasteiger partial charge >= 0.3 is 5.97 Å². The molecule has 0 unspecified atom stereocenters. The monoisotopic (exact) mass is 309 g/mol. The number of hydrogen-bond acceptors (Lipinski definition) is 3. The summed E-state index contributed by atoms with van der Waals surface area (Å²) in [6.07, 6.45) is 0.927. The summed E-state index contributed by atoms with van der Waals surface area (Å²) >= 11 is 1.14. The second-order valence-corrected chi connectivity index (χ2v) is 6.90. The van der Waals surface area contributed by atoms with Crippen molar-refractivity contribution in [2.24, 2.45) is 0 Å². The van der Waals surface area contributed by atoms with E-state index in [1.807, 2.05) is 7.05 Å². The van der Waals surface area contributed by atoms with Gasteiger partial charge in [0.15, 0.2) is 0 Å². The predicted molar refractivity (Wildman–Crippen MR) is 84.6 cm³/mol. The molecular weight excluding hydrogens is 289 g/mol. The maximum Gasteiger partial charge on any atom is 0.346 e. The van der Waals surface area contributed by atoms with Crippen LogP contribution in [0.15, 0.2) is 18.2 Å². The maximum absolute atomic E-state index is 14.1. The minimum absolute atomic E-state index is 0.0741. The van der Waals surface area contributed by atoms with Crippen LogP contribution in [0.2, 0.25) is 0 Å². The molecule has 0 bridgehead atoms. The molecular formula is C16H20FNO2S. The van der Waals surface area contributed by atoms with Gasteiger partial charge in [0.2, 0.25) is 0 Å². The molecule has 0 fully saturated rings. The molecule has 2 rings (SSSR count). The third-order valence-electron chi connectivity index (χ3n) is 4.25. The van der Waals surface area contributed by atoms with E-state index in [9.17, 15) is 14.3 Å². The van der Waals surface area contributed by atoms with E-state index in [1.165, 1.54) is 6.07 Å². The lowest BCUT2D eigenvalue weighted by atomic mass is 9.98. The Kier molecular flexibility index (Phi) is 4.35. The molecule has 3 nitrogen and oxygen atoms in total. The molecule has 0 saturated carbocycles. The van der Waals surface area contributed by atoms with Crippen molar-refractivity contribution in [2.45, 2.75) is 39.3 Å². The fourth-order valence-corrected chi connectivity index (χ4v) is 3.28. The first-order chi connectivity index (χ1) is 9.77. The highest BCUT2D eigenvalue weighted by Crippen LogP contribution is 2.35. The van der Waals surface area contributed by atoms with Crippen LogP contribution in [0, 0.1) is 5.82 Å². The van der Waals surface area contributed by atoms with Crippen LogP contribution in [0.25, 0.3) is 10.1 Å². The third-order valence-corrected chi connectivity index (χ3v) is 5.44. The molecule has 0 atom stereocenters. The van der Waals surface area contributed by atoms with Gasteiger partial charge in [-0.05, 0) is 39.4 Å². The zero-order valence-electron chi connectivity index (χ0n) is 12.7. The topological polar surface area (TPSA) is 40.5 Å². The largest absolute Gasteiger partial charge is 0.477 e. The van der Waals surface area contributed by atoms with Crippen LogP contribution in [0.3, 0.4) is 0 Å². The summed E-state index contributed by atoms with van der Waals surface area (Å²) in [7, 11) is 1.94. The lowest BCUT2D eigenvalue weighted by Crippen LogP contribution is -2.40. The summed E-state index contributed by atoms with van der Waals surface area (Å²) in [6, 6.07) is 4.77. The van der Waals surface area contributed by atoms with E-state index < -0.39 is 5.97 Å². The van der Waals surface area contributed by atoms with E-state index >= 15 is 0 Å². The summed E-state index contributed by atoms with van der Waals surface area (Å²) in [5.74, 6) is -1.35. The zero-order valence-corrected chi connectivity index (χ0v) is 13.6. The van der Waals surface area contributed by atoms with Gasteiger partial charge in [-0.1, -0.05) is 13.0 Å². The van der Waals surface area contributed by atoms with Crippen LogP contribution < -0.4 is 0 Å². The second kappa shape index (κ2) is 5.73. The van der Waals surface area contributed by atoms with Crippen LogP contribution in [0.1, 0.15) is 42.4 Å². The summed E-state index contributed by atoms with van der Waals surface area (Å²) in [5, 5.41) is 9.84. The molecule has 0 amide bonds. The Morgan fingerprint density at radius 1 is 1.43 bits per heavy atom. The summed E-state index contributed by atoms with van der Waals surface area (Å²) < 4.78 is 14.8. The Hall–Kier alpha value is -1.46. The van der Waals surface area contributed by atoms with Crippen molar-refractivity contribution in [3.05, 3.63) is 34.5 Å². The molecule has 1 aromatic heterocycles. The lowest BCUT2D eigenvalue weighted by molar-refractivity contribution is 0.0698. The Morgan fingerprint density at radius 3 is 2.67 bits per heavy atom. The number of rotatable bonds is 5. The van der Waals surface area contributed by atoms with Gasteiger partial charge in [0.1, 0.15) is 10.7 Å². The quantitative estimate of drug-likeness (QED) is 0.892. The first kappa shape index (κ1) is 15.9. The molecule has 0 aliphatic heterocycles. The average Bonchev–Trinajstić information content (AvgIpc) is 2.79. The molecule has 0 spiro atoms. The first-order valence-electron chi connectivity index (χ1n) is 6.92. The van der Waals surface area contributed by atoms with E-state index in [0.29, 0.717) is 22.2 Å². The van der Waals surface area contributed by atoms with Crippen molar-refractivity contribution in [1.29, 1.82) is 0 Å². The molecule has 114 valence electrons. The number of hydrogen-bond donors (Lipinski definition) is 1. The number of halogens is 1. The minimum Gasteiger partial charge on any atom is -0.477 e. The lowest BCUT2D eigenvalue weighted by Gasteiger charge is -2.34. The standard InChI is InChI=1S/C16H20FNO2S/c1-5-16(2,3)18(4)9-10-13-11(17)7-6-8-12(13)21-14(10)15(19)20/h6-8H,5,9H2,1-4H3,(H,19,20). The Morgan fingerprint density at radius 2 is 2.10 bits per heavy atom. The second-order valence-electron chi connectivity index (χ2n) is 5.85. The van der Waals surface area contributed by atoms with Gasteiger partial charge in [-0.2, -0.15) is 0 Å². The molecule has 2 aromatic rings. The zero-order chi connectivity index (χ0) is 15.8. The number of thiophene rings is 1. The van der Waals surface area contributed by atoms with Gasteiger partial charge in [0, 0.05) is 27.7 Å². The average molecular weight is 309 g/mol. The number of aromatic carboxylic acids is 1. The van der Waals surface area contributed by atoms with Crippen molar-refractivity contribution in [3.63, 3.8) is 0 Å². The van der Waals surface area contributed by atoms with Crippen molar-refractivity contribution >= 4 is 27.4 Å². The maximum atomic E-state index is 14.1. The van der Waals surface area contributed by atoms with Gasteiger partial charge in [0.05, 0.1) is 0 Å². The number of carbonyl (C=O) groups is 1. The Balaban J connectivity index is 2.56. The molecule has 1 aromatic carbocycles. The van der Waals surface area contributed by atoms with Crippen LogP contribution in [0.4, 0.5) is 4.39 Å². The highest BCUT2D eigenvalue weighted by molar-refractivity contribution is 7.21. The van der Waals surface area contributed by atoms with Crippen LogP contribution >= 0.6 is 11.3 Å². The van der Waals surface area contributed by atoms with Crippen LogP contribution in [-0.2, 0) is 6.54 Å². The summed E-state index contributed by atoms with van der Waals surface area (Å²) in [6.45, 7) is 6.70. The van der Waals surface area contributed by atoms with Gasteiger partial charge in [-0.15, -0.1) is 11.3 Å². The molecule has 0 aliphatic rings. The highest BCUT2D eigenvalue weighted by atomic mass is 32.1. The highest BCUT2D eigenvalue weighted by Gasteiger charge is 2.26. The number of carboxylic acids is 1. The van der Waals surface area contributed by atoms with Gasteiger partial charge in [-0.25, -0.2) is 9.18 Å². The van der Waals surface area contributed by atoms with Crippen molar-refractivity contribution in [1.82, 2.24) is 4.90 Å². The molecule has 5 heteroatoms. The molecule has 21 heavy (non-hydrogen) atoms. The summed E-state index contributed by atoms with van der Waals surface area (Å²) in [5.41, 5.74) is 0.500. The van der Waals surface area contributed by atoms with E-state index in [-0.39, 0.29) is 16.2 Å². The molecule has 1 heterocycles. The fourth-order valence-electron chi connectivity index (χ4n) is 2.21. The fraction of sp³-hybridized carbons (Fsp3) is 0.438. The van der Waals surface area contributed by atoms with E-state index in [4.69, 9.17) is 0 Å². The number of benzene rings is 1. The van der Waals surface area contributed by atoms with Crippen molar-refractivity contribution in [3.8, 4) is 0 Å². The van der Waals surface area contributed by atoms with E-state index in [1.54, 1.807) is 12.1 Å². The number of carboxylic acid groups (broad SMARTS) is 1. The van der Waals surface area contributed by atoms with Gasteiger partial charge in [0.25, 0.3) is 0 Å². The third kappa shape index (κ3) is 2.94. The molecule has 0 radical (unpaired) electrons. The van der Waals surface area contributed by atoms with E-state index in [2.05, 4.69) is 25.7 Å². The normalized spacial score (nSPS) is 12.3. The molecule has 1 N–H and O–H groups in total. The Bertz CT molecular complexity index is 678. The Labute approximate surface area is 128 Å². The van der Waals surface area contributed by atoms with Crippen LogP contribution in [-0.4, -0.2) is 28.6 Å². The molecule has 0 saturated heterocycles. The van der Waals surface area contributed by atoms with Gasteiger partial charge < -0.3 is 5.11 Å². The van der Waals surface area contributed by atoms with Gasteiger partial charge in [-0.3, -0.25) is 4.90 Å². The summed E-state index contributed by atoms with van der Waals surface area (Å²) in [4.78, 5) is 13.8.